The third kappa shape index (κ3) is 4.55. The summed E-state index contributed by atoms with van der Waals surface area (Å²) in [6, 6.07) is 4.97. The van der Waals surface area contributed by atoms with E-state index in [2.05, 4.69) is 11.9 Å². The van der Waals surface area contributed by atoms with Crippen LogP contribution in [0.3, 0.4) is 0 Å². The summed E-state index contributed by atoms with van der Waals surface area (Å²) in [5.74, 6) is 0. The second-order valence-electron chi connectivity index (χ2n) is 4.19. The van der Waals surface area contributed by atoms with Crippen LogP contribution in [0.2, 0.25) is 0 Å². The monoisotopic (exact) mass is 250 g/mol. The average molecular weight is 250 g/mol. The summed E-state index contributed by atoms with van der Waals surface area (Å²) in [5.41, 5.74) is 2.63. The highest BCUT2D eigenvalue weighted by atomic mass is 16.6. The van der Waals surface area contributed by atoms with Crippen LogP contribution in [0.1, 0.15) is 12.5 Å². The number of aryl methyl sites for hydroxylation is 1. The van der Waals surface area contributed by atoms with Crippen molar-refractivity contribution in [2.75, 3.05) is 25.1 Å². The Hall–Kier alpha value is -1.88. The number of nitrogens with zero attached hydrogens (tertiary/aromatic N) is 1. The molecule has 1 aromatic carbocycles. The van der Waals surface area contributed by atoms with Gasteiger partial charge in [-0.25, -0.2) is 0 Å². The number of hydrogen-bond acceptors (Lipinski definition) is 4. The molecule has 1 rings (SSSR count). The summed E-state index contributed by atoms with van der Waals surface area (Å²) < 4.78 is 5.34. The summed E-state index contributed by atoms with van der Waals surface area (Å²) in [5, 5.41) is 13.8. The highest BCUT2D eigenvalue weighted by Gasteiger charge is 2.09. The molecule has 0 fully saturated rings. The minimum absolute atomic E-state index is 0.138. The van der Waals surface area contributed by atoms with Gasteiger partial charge in [0, 0.05) is 23.9 Å². The van der Waals surface area contributed by atoms with Crippen LogP contribution in [0.15, 0.2) is 30.4 Å². The molecule has 1 N–H and O–H groups in total. The van der Waals surface area contributed by atoms with Gasteiger partial charge in [-0.1, -0.05) is 12.2 Å². The zero-order valence-corrected chi connectivity index (χ0v) is 10.7. The molecule has 0 aliphatic carbocycles. The van der Waals surface area contributed by atoms with E-state index in [1.165, 1.54) is 6.07 Å². The average Bonchev–Trinajstić information content (AvgIpc) is 2.27. The van der Waals surface area contributed by atoms with Crippen LogP contribution in [-0.2, 0) is 4.74 Å². The lowest BCUT2D eigenvalue weighted by atomic mass is 10.2. The molecule has 0 saturated heterocycles. The molecule has 1 aromatic rings. The Kier molecular flexibility index (Phi) is 5.32. The van der Waals surface area contributed by atoms with Gasteiger partial charge < -0.3 is 10.1 Å². The first-order valence-electron chi connectivity index (χ1n) is 5.71. The Morgan fingerprint density at radius 1 is 1.56 bits per heavy atom. The topological polar surface area (TPSA) is 64.4 Å². The lowest BCUT2D eigenvalue weighted by Crippen LogP contribution is -2.10. The second-order valence-corrected chi connectivity index (χ2v) is 4.19. The van der Waals surface area contributed by atoms with Gasteiger partial charge in [0.2, 0.25) is 0 Å². The van der Waals surface area contributed by atoms with Gasteiger partial charge in [-0.05, 0) is 26.0 Å². The molecule has 0 spiro atoms. The first kappa shape index (κ1) is 14.2. The van der Waals surface area contributed by atoms with Crippen LogP contribution in [0.25, 0.3) is 0 Å². The molecule has 0 saturated carbocycles. The molecule has 0 atom stereocenters. The highest BCUT2D eigenvalue weighted by molar-refractivity contribution is 5.53. The summed E-state index contributed by atoms with van der Waals surface area (Å²) in [6.07, 6.45) is 0. The molecule has 0 bridgehead atoms. The Balaban J connectivity index is 2.42. The van der Waals surface area contributed by atoms with Gasteiger partial charge in [0.15, 0.2) is 0 Å². The fraction of sp³-hybridized carbons (Fsp3) is 0.385. The fourth-order valence-corrected chi connectivity index (χ4v) is 1.48. The van der Waals surface area contributed by atoms with Gasteiger partial charge >= 0.3 is 0 Å². The van der Waals surface area contributed by atoms with E-state index in [0.29, 0.717) is 25.3 Å². The van der Waals surface area contributed by atoms with Crippen LogP contribution in [-0.4, -0.2) is 24.7 Å². The molecule has 0 aliphatic heterocycles. The normalized spacial score (nSPS) is 10.1. The predicted molar refractivity (Wildman–Crippen MR) is 72.0 cm³/mol. The zero-order chi connectivity index (χ0) is 13.5. The molecule has 0 radical (unpaired) electrons. The molecular weight excluding hydrogens is 232 g/mol. The third-order valence-electron chi connectivity index (χ3n) is 2.32. The van der Waals surface area contributed by atoms with E-state index in [9.17, 15) is 10.1 Å². The number of nitrogens with one attached hydrogen (secondary N) is 1. The summed E-state index contributed by atoms with van der Waals surface area (Å²) in [7, 11) is 0. The summed E-state index contributed by atoms with van der Waals surface area (Å²) >= 11 is 0. The van der Waals surface area contributed by atoms with Crippen molar-refractivity contribution >= 4 is 11.4 Å². The van der Waals surface area contributed by atoms with Crippen molar-refractivity contribution in [1.29, 1.82) is 0 Å². The van der Waals surface area contributed by atoms with Crippen molar-refractivity contribution in [1.82, 2.24) is 0 Å². The number of rotatable bonds is 7. The SMILES string of the molecule is C=C(C)COCCNc1ccc([N+](=O)[O-])c(C)c1. The largest absolute Gasteiger partial charge is 0.383 e. The molecule has 5 heteroatoms. The first-order chi connectivity index (χ1) is 8.50. The van der Waals surface area contributed by atoms with E-state index in [4.69, 9.17) is 4.74 Å². The fourth-order valence-electron chi connectivity index (χ4n) is 1.48. The van der Waals surface area contributed by atoms with Crippen molar-refractivity contribution in [3.8, 4) is 0 Å². The molecule has 98 valence electrons. The smallest absolute Gasteiger partial charge is 0.272 e. The van der Waals surface area contributed by atoms with Crippen molar-refractivity contribution in [3.05, 3.63) is 46.0 Å². The van der Waals surface area contributed by atoms with E-state index in [1.54, 1.807) is 19.1 Å². The van der Waals surface area contributed by atoms with Gasteiger partial charge in [0.05, 0.1) is 18.1 Å². The van der Waals surface area contributed by atoms with E-state index in [1.807, 2.05) is 6.92 Å². The van der Waals surface area contributed by atoms with Gasteiger partial charge in [0.25, 0.3) is 5.69 Å². The quantitative estimate of drug-likeness (QED) is 0.350. The molecule has 18 heavy (non-hydrogen) atoms. The van der Waals surface area contributed by atoms with Gasteiger partial charge in [0.1, 0.15) is 0 Å². The van der Waals surface area contributed by atoms with E-state index in [-0.39, 0.29) is 10.6 Å². The first-order valence-corrected chi connectivity index (χ1v) is 5.71. The Morgan fingerprint density at radius 3 is 2.83 bits per heavy atom. The van der Waals surface area contributed by atoms with E-state index >= 15 is 0 Å². The highest BCUT2D eigenvalue weighted by Crippen LogP contribution is 2.21. The summed E-state index contributed by atoms with van der Waals surface area (Å²) in [4.78, 5) is 10.3. The lowest BCUT2D eigenvalue weighted by molar-refractivity contribution is -0.385. The Morgan fingerprint density at radius 2 is 2.28 bits per heavy atom. The number of nitro benzene ring substituents is 1. The van der Waals surface area contributed by atoms with Gasteiger partial charge in [-0.2, -0.15) is 0 Å². The van der Waals surface area contributed by atoms with Crippen molar-refractivity contribution < 1.29 is 9.66 Å². The van der Waals surface area contributed by atoms with Crippen molar-refractivity contribution in [2.45, 2.75) is 13.8 Å². The van der Waals surface area contributed by atoms with E-state index in [0.717, 1.165) is 11.3 Å². The maximum absolute atomic E-state index is 10.7. The van der Waals surface area contributed by atoms with Crippen LogP contribution < -0.4 is 5.32 Å². The van der Waals surface area contributed by atoms with Gasteiger partial charge in [-0.3, -0.25) is 10.1 Å². The van der Waals surface area contributed by atoms with Crippen LogP contribution in [0.4, 0.5) is 11.4 Å². The molecule has 5 nitrogen and oxygen atoms in total. The molecular formula is C13H18N2O3. The standard InChI is InChI=1S/C13H18N2O3/c1-10(2)9-18-7-6-14-12-4-5-13(15(16)17)11(3)8-12/h4-5,8,14H,1,6-7,9H2,2-3H3. The molecule has 0 aromatic heterocycles. The van der Waals surface area contributed by atoms with Crippen molar-refractivity contribution in [2.24, 2.45) is 0 Å². The summed E-state index contributed by atoms with van der Waals surface area (Å²) in [6.45, 7) is 9.16. The van der Waals surface area contributed by atoms with Crippen LogP contribution in [0.5, 0.6) is 0 Å². The third-order valence-corrected chi connectivity index (χ3v) is 2.32. The number of benzene rings is 1. The molecule has 0 amide bonds. The minimum atomic E-state index is -0.380. The van der Waals surface area contributed by atoms with Gasteiger partial charge in [-0.15, -0.1) is 0 Å². The predicted octanol–water partition coefficient (Wildman–Crippen LogP) is 2.91. The maximum atomic E-state index is 10.7. The number of hydrogen-bond donors (Lipinski definition) is 1. The zero-order valence-electron chi connectivity index (χ0n) is 10.7. The Labute approximate surface area is 107 Å². The van der Waals surface area contributed by atoms with Crippen LogP contribution in [0, 0.1) is 17.0 Å². The maximum Gasteiger partial charge on any atom is 0.272 e. The van der Waals surface area contributed by atoms with E-state index < -0.39 is 0 Å². The number of anilines is 1. The molecule has 0 heterocycles. The Bertz CT molecular complexity index is 444. The lowest BCUT2D eigenvalue weighted by Gasteiger charge is -2.08. The van der Waals surface area contributed by atoms with Crippen molar-refractivity contribution in [3.63, 3.8) is 0 Å². The second kappa shape index (κ2) is 6.76. The number of nitro groups is 1. The minimum Gasteiger partial charge on any atom is -0.383 e. The molecule has 0 aliphatic rings. The number of ether oxygens (including phenoxy) is 1. The van der Waals surface area contributed by atoms with Crippen LogP contribution >= 0.6 is 0 Å². The molecule has 0 unspecified atom stereocenters.